The summed E-state index contributed by atoms with van der Waals surface area (Å²) in [5, 5.41) is 15.8. The molecule has 0 radical (unpaired) electrons. The zero-order chi connectivity index (χ0) is 12.3. The van der Waals surface area contributed by atoms with E-state index in [2.05, 4.69) is 30.9 Å². The number of aromatic nitrogens is 5. The monoisotopic (exact) mass is 233 g/mol. The number of hydrogen-bond donors (Lipinski definition) is 3. The van der Waals surface area contributed by atoms with E-state index in [0.29, 0.717) is 22.8 Å². The van der Waals surface area contributed by atoms with Gasteiger partial charge in [0.05, 0.1) is 29.7 Å². The fourth-order valence-corrected chi connectivity index (χ4v) is 1.29. The molecular formula is C9H11N7O. The molecule has 0 aliphatic heterocycles. The van der Waals surface area contributed by atoms with Crippen molar-refractivity contribution in [3.8, 4) is 0 Å². The van der Waals surface area contributed by atoms with Crippen molar-refractivity contribution in [1.82, 2.24) is 30.9 Å². The molecule has 0 unspecified atom stereocenters. The van der Waals surface area contributed by atoms with Crippen LogP contribution in [0.2, 0.25) is 0 Å². The largest absolute Gasteiger partial charge is 0.397 e. The standard InChI is InChI=1S/C9H11N7O/c1-5-7(2-6(10)3-11-5)9(17)12-4-8-13-15-16-14-8/h2-3H,4,10H2,1H3,(H,12,17)(H,13,14,15,16). The number of carbonyl (C=O) groups excluding carboxylic acids is 1. The van der Waals surface area contributed by atoms with Crippen molar-refractivity contribution >= 4 is 11.6 Å². The van der Waals surface area contributed by atoms with E-state index in [0.717, 1.165) is 0 Å². The lowest BCUT2D eigenvalue weighted by Crippen LogP contribution is -2.24. The summed E-state index contributed by atoms with van der Waals surface area (Å²) in [5.41, 5.74) is 7.07. The molecule has 0 saturated carbocycles. The Labute approximate surface area is 96.6 Å². The van der Waals surface area contributed by atoms with Crippen LogP contribution in [-0.2, 0) is 6.54 Å². The molecule has 0 saturated heterocycles. The normalized spacial score (nSPS) is 10.2. The van der Waals surface area contributed by atoms with E-state index >= 15 is 0 Å². The van der Waals surface area contributed by atoms with Gasteiger partial charge in [0.15, 0.2) is 5.82 Å². The van der Waals surface area contributed by atoms with Crippen LogP contribution in [0.3, 0.4) is 0 Å². The molecule has 2 heterocycles. The van der Waals surface area contributed by atoms with Gasteiger partial charge >= 0.3 is 0 Å². The molecule has 88 valence electrons. The number of rotatable bonds is 3. The molecule has 8 heteroatoms. The van der Waals surface area contributed by atoms with Crippen LogP contribution in [0.15, 0.2) is 12.3 Å². The minimum atomic E-state index is -0.271. The van der Waals surface area contributed by atoms with Gasteiger partial charge in [0, 0.05) is 0 Å². The third kappa shape index (κ3) is 2.54. The van der Waals surface area contributed by atoms with Gasteiger partial charge in [0.2, 0.25) is 0 Å². The van der Waals surface area contributed by atoms with E-state index < -0.39 is 0 Å². The highest BCUT2D eigenvalue weighted by Gasteiger charge is 2.10. The predicted octanol–water partition coefficient (Wildman–Crippen LogP) is -0.585. The number of nitrogen functional groups attached to an aromatic ring is 1. The van der Waals surface area contributed by atoms with Crippen molar-refractivity contribution in [3.63, 3.8) is 0 Å². The Kier molecular flexibility index (Phi) is 2.95. The van der Waals surface area contributed by atoms with Gasteiger partial charge in [-0.2, -0.15) is 5.21 Å². The van der Waals surface area contributed by atoms with Crippen molar-refractivity contribution in [2.75, 3.05) is 5.73 Å². The number of carbonyl (C=O) groups is 1. The van der Waals surface area contributed by atoms with Crippen molar-refractivity contribution in [3.05, 3.63) is 29.3 Å². The first-order valence-electron chi connectivity index (χ1n) is 4.89. The van der Waals surface area contributed by atoms with Crippen LogP contribution in [-0.4, -0.2) is 31.5 Å². The number of H-pyrrole nitrogens is 1. The molecular weight excluding hydrogens is 222 g/mol. The molecule has 17 heavy (non-hydrogen) atoms. The van der Waals surface area contributed by atoms with E-state index in [-0.39, 0.29) is 12.5 Å². The Hall–Kier alpha value is -2.51. The van der Waals surface area contributed by atoms with Crippen LogP contribution in [0, 0.1) is 6.92 Å². The molecule has 4 N–H and O–H groups in total. The lowest BCUT2D eigenvalue weighted by atomic mass is 10.2. The van der Waals surface area contributed by atoms with Crippen LogP contribution in [0.1, 0.15) is 21.9 Å². The minimum absolute atomic E-state index is 0.198. The Morgan fingerprint density at radius 3 is 3.12 bits per heavy atom. The molecule has 0 aliphatic carbocycles. The van der Waals surface area contributed by atoms with Gasteiger partial charge in [0.25, 0.3) is 5.91 Å². The number of nitrogens with two attached hydrogens (primary N) is 1. The van der Waals surface area contributed by atoms with E-state index in [4.69, 9.17) is 5.73 Å². The smallest absolute Gasteiger partial charge is 0.253 e. The second kappa shape index (κ2) is 4.56. The lowest BCUT2D eigenvalue weighted by Gasteiger charge is -2.05. The number of nitrogens with zero attached hydrogens (tertiary/aromatic N) is 4. The summed E-state index contributed by atoms with van der Waals surface area (Å²) in [6.07, 6.45) is 1.51. The second-order valence-electron chi connectivity index (χ2n) is 3.41. The SMILES string of the molecule is Cc1ncc(N)cc1C(=O)NCc1nn[nH]n1. The molecule has 2 aromatic rings. The summed E-state index contributed by atoms with van der Waals surface area (Å²) in [6, 6.07) is 1.58. The third-order valence-electron chi connectivity index (χ3n) is 2.15. The summed E-state index contributed by atoms with van der Waals surface area (Å²) in [6.45, 7) is 1.94. The predicted molar refractivity (Wildman–Crippen MR) is 58.7 cm³/mol. The summed E-state index contributed by atoms with van der Waals surface area (Å²) in [4.78, 5) is 15.8. The Bertz CT molecular complexity index is 522. The van der Waals surface area contributed by atoms with E-state index in [9.17, 15) is 4.79 Å². The molecule has 0 aliphatic rings. The second-order valence-corrected chi connectivity index (χ2v) is 3.41. The first-order chi connectivity index (χ1) is 8.16. The molecule has 0 atom stereocenters. The zero-order valence-electron chi connectivity index (χ0n) is 9.14. The maximum atomic E-state index is 11.8. The third-order valence-corrected chi connectivity index (χ3v) is 2.15. The zero-order valence-corrected chi connectivity index (χ0v) is 9.14. The first-order valence-corrected chi connectivity index (χ1v) is 4.89. The molecule has 0 bridgehead atoms. The molecule has 1 amide bonds. The Morgan fingerprint density at radius 1 is 1.59 bits per heavy atom. The van der Waals surface area contributed by atoms with Crippen molar-refractivity contribution in [1.29, 1.82) is 0 Å². The quantitative estimate of drug-likeness (QED) is 0.651. The highest BCUT2D eigenvalue weighted by atomic mass is 16.1. The van der Waals surface area contributed by atoms with Gasteiger partial charge in [0.1, 0.15) is 0 Å². The number of aryl methyl sites for hydroxylation is 1. The highest BCUT2D eigenvalue weighted by molar-refractivity contribution is 5.95. The minimum Gasteiger partial charge on any atom is -0.397 e. The van der Waals surface area contributed by atoms with E-state index in [1.54, 1.807) is 13.0 Å². The summed E-state index contributed by atoms with van der Waals surface area (Å²) in [5.74, 6) is 0.139. The van der Waals surface area contributed by atoms with Crippen LogP contribution in [0.5, 0.6) is 0 Å². The summed E-state index contributed by atoms with van der Waals surface area (Å²) >= 11 is 0. The Balaban J connectivity index is 2.07. The maximum Gasteiger partial charge on any atom is 0.253 e. The molecule has 2 rings (SSSR count). The number of aromatic amines is 1. The van der Waals surface area contributed by atoms with Crippen molar-refractivity contribution < 1.29 is 4.79 Å². The van der Waals surface area contributed by atoms with Gasteiger partial charge in [-0.3, -0.25) is 9.78 Å². The number of amides is 1. The molecule has 0 spiro atoms. The topological polar surface area (TPSA) is 122 Å². The number of anilines is 1. The van der Waals surface area contributed by atoms with Gasteiger partial charge < -0.3 is 11.1 Å². The average Bonchev–Trinajstić information content (AvgIpc) is 2.82. The van der Waals surface area contributed by atoms with Crippen LogP contribution in [0.25, 0.3) is 0 Å². The first kappa shape index (κ1) is 11.0. The van der Waals surface area contributed by atoms with Crippen LogP contribution >= 0.6 is 0 Å². The van der Waals surface area contributed by atoms with E-state index in [1.165, 1.54) is 6.20 Å². The van der Waals surface area contributed by atoms with Gasteiger partial charge in [-0.15, -0.1) is 10.2 Å². The van der Waals surface area contributed by atoms with Crippen molar-refractivity contribution in [2.24, 2.45) is 0 Å². The lowest BCUT2D eigenvalue weighted by molar-refractivity contribution is 0.0949. The summed E-state index contributed by atoms with van der Waals surface area (Å²) in [7, 11) is 0. The van der Waals surface area contributed by atoms with Crippen molar-refractivity contribution in [2.45, 2.75) is 13.5 Å². The molecule has 0 fully saturated rings. The van der Waals surface area contributed by atoms with Crippen LogP contribution in [0.4, 0.5) is 5.69 Å². The fourth-order valence-electron chi connectivity index (χ4n) is 1.29. The number of nitrogens with one attached hydrogen (secondary N) is 2. The number of tetrazole rings is 1. The number of pyridine rings is 1. The van der Waals surface area contributed by atoms with Gasteiger partial charge in [-0.05, 0) is 13.0 Å². The maximum absolute atomic E-state index is 11.8. The Morgan fingerprint density at radius 2 is 2.41 bits per heavy atom. The van der Waals surface area contributed by atoms with Crippen LogP contribution < -0.4 is 11.1 Å². The number of hydrogen-bond acceptors (Lipinski definition) is 6. The highest BCUT2D eigenvalue weighted by Crippen LogP contribution is 2.09. The molecule has 0 aromatic carbocycles. The fraction of sp³-hybridized carbons (Fsp3) is 0.222. The van der Waals surface area contributed by atoms with E-state index in [1.807, 2.05) is 0 Å². The van der Waals surface area contributed by atoms with Gasteiger partial charge in [-0.1, -0.05) is 5.21 Å². The molecule has 8 nitrogen and oxygen atoms in total. The van der Waals surface area contributed by atoms with Gasteiger partial charge in [-0.25, -0.2) is 0 Å². The summed E-state index contributed by atoms with van der Waals surface area (Å²) < 4.78 is 0. The molecule has 2 aromatic heterocycles. The average molecular weight is 233 g/mol.